The Kier molecular flexibility index (Phi) is 5.80. The van der Waals surface area contributed by atoms with Crippen molar-refractivity contribution in [3.8, 4) is 0 Å². The van der Waals surface area contributed by atoms with E-state index < -0.39 is 42.5 Å². The molecule has 0 saturated heterocycles. The Labute approximate surface area is 110 Å². The maximum absolute atomic E-state index is 11.9. The lowest BCUT2D eigenvalue weighted by atomic mass is 9.86. The molecule has 0 aromatic carbocycles. The lowest BCUT2D eigenvalue weighted by Crippen LogP contribution is -2.51. The van der Waals surface area contributed by atoms with Gasteiger partial charge in [-0.25, -0.2) is 0 Å². The minimum atomic E-state index is -4.47. The Morgan fingerprint density at radius 1 is 1.26 bits per heavy atom. The molecule has 0 fully saturated rings. The van der Waals surface area contributed by atoms with Crippen LogP contribution in [0.3, 0.4) is 0 Å². The Morgan fingerprint density at radius 2 is 1.74 bits per heavy atom. The smallest absolute Gasteiger partial charge is 0.345 e. The molecule has 0 radical (unpaired) electrons. The number of alkyl halides is 3. The third-order valence-corrected chi connectivity index (χ3v) is 2.44. The summed E-state index contributed by atoms with van der Waals surface area (Å²) in [5.41, 5.74) is 5.22. The molecule has 0 saturated carbocycles. The molecule has 0 bridgehead atoms. The third kappa shape index (κ3) is 7.00. The van der Waals surface area contributed by atoms with Crippen LogP contribution >= 0.6 is 0 Å². The second-order valence-corrected chi connectivity index (χ2v) is 5.43. The highest BCUT2D eigenvalue weighted by atomic mass is 19.4. The first-order valence-electron chi connectivity index (χ1n) is 5.68. The average Bonchev–Trinajstić information content (AvgIpc) is 2.22. The molecule has 19 heavy (non-hydrogen) atoms. The molecule has 8 heteroatoms. The van der Waals surface area contributed by atoms with E-state index >= 15 is 0 Å². The summed E-state index contributed by atoms with van der Waals surface area (Å²) in [4.78, 5) is 24.1. The molecule has 2 amide bonds. The molecule has 0 spiro atoms. The number of hydrogen-bond acceptors (Lipinski definition) is 3. The molecule has 5 nitrogen and oxygen atoms in total. The van der Waals surface area contributed by atoms with Crippen molar-refractivity contribution in [3.05, 3.63) is 0 Å². The number of hydrogen-bond donors (Lipinski definition) is 2. The molecule has 0 rings (SSSR count). The van der Waals surface area contributed by atoms with Crippen molar-refractivity contribution in [2.75, 3.05) is 20.1 Å². The van der Waals surface area contributed by atoms with Crippen LogP contribution in [-0.4, -0.2) is 49.1 Å². The van der Waals surface area contributed by atoms with E-state index in [0.717, 1.165) is 4.90 Å². The highest BCUT2D eigenvalue weighted by molar-refractivity contribution is 5.87. The van der Waals surface area contributed by atoms with Crippen molar-refractivity contribution < 1.29 is 22.8 Å². The summed E-state index contributed by atoms with van der Waals surface area (Å²) in [5.74, 6) is -1.37. The second kappa shape index (κ2) is 6.23. The number of carbonyl (C=O) groups is 2. The standard InChI is InChI=1S/C11H20F3N3O2/c1-10(2,3)8(15)9(19)17(4)5-7(18)16-6-11(12,13)14/h8H,5-6,15H2,1-4H3,(H,16,18). The number of nitrogens with one attached hydrogen (secondary N) is 1. The number of halogens is 3. The maximum Gasteiger partial charge on any atom is 0.405 e. The molecular formula is C11H20F3N3O2. The lowest BCUT2D eigenvalue weighted by Gasteiger charge is -2.29. The largest absolute Gasteiger partial charge is 0.405 e. The first-order valence-corrected chi connectivity index (χ1v) is 5.68. The third-order valence-electron chi connectivity index (χ3n) is 2.44. The van der Waals surface area contributed by atoms with Crippen LogP contribution in [0.15, 0.2) is 0 Å². The molecule has 1 unspecified atom stereocenters. The summed E-state index contributed by atoms with van der Waals surface area (Å²) in [5, 5.41) is 1.69. The molecule has 0 aliphatic heterocycles. The zero-order valence-electron chi connectivity index (χ0n) is 11.5. The van der Waals surface area contributed by atoms with Crippen molar-refractivity contribution in [1.82, 2.24) is 10.2 Å². The zero-order valence-corrected chi connectivity index (χ0v) is 11.5. The van der Waals surface area contributed by atoms with Crippen LogP contribution in [0.25, 0.3) is 0 Å². The molecule has 0 heterocycles. The van der Waals surface area contributed by atoms with E-state index in [1.165, 1.54) is 7.05 Å². The van der Waals surface area contributed by atoms with Gasteiger partial charge in [-0.3, -0.25) is 9.59 Å². The van der Waals surface area contributed by atoms with E-state index in [9.17, 15) is 22.8 Å². The van der Waals surface area contributed by atoms with E-state index in [1.807, 2.05) is 0 Å². The molecule has 0 aromatic rings. The van der Waals surface area contributed by atoms with Crippen molar-refractivity contribution in [2.45, 2.75) is 33.0 Å². The van der Waals surface area contributed by atoms with Crippen molar-refractivity contribution >= 4 is 11.8 Å². The summed E-state index contributed by atoms with van der Waals surface area (Å²) < 4.78 is 35.6. The first kappa shape index (κ1) is 17.7. The normalized spacial score (nSPS) is 13.9. The number of nitrogens with two attached hydrogens (primary N) is 1. The number of nitrogens with zero attached hydrogens (tertiary/aromatic N) is 1. The van der Waals surface area contributed by atoms with Crippen LogP contribution in [0.2, 0.25) is 0 Å². The zero-order chi connectivity index (χ0) is 15.4. The van der Waals surface area contributed by atoms with Crippen LogP contribution in [-0.2, 0) is 9.59 Å². The number of rotatable bonds is 4. The molecule has 0 aliphatic rings. The van der Waals surface area contributed by atoms with Crippen LogP contribution in [0, 0.1) is 5.41 Å². The Hall–Kier alpha value is -1.31. The van der Waals surface area contributed by atoms with Gasteiger partial charge < -0.3 is 16.0 Å². The fourth-order valence-electron chi connectivity index (χ4n) is 1.16. The predicted octanol–water partition coefficient (Wildman–Crippen LogP) is 0.497. The van der Waals surface area contributed by atoms with Gasteiger partial charge in [0.05, 0.1) is 12.6 Å². The van der Waals surface area contributed by atoms with Gasteiger partial charge in [0, 0.05) is 7.05 Å². The molecule has 0 aliphatic carbocycles. The Balaban J connectivity index is 4.34. The van der Waals surface area contributed by atoms with Gasteiger partial charge in [0.2, 0.25) is 11.8 Å². The SMILES string of the molecule is CN(CC(=O)NCC(F)(F)F)C(=O)C(N)C(C)(C)C. The van der Waals surface area contributed by atoms with Gasteiger partial charge in [0.1, 0.15) is 6.54 Å². The Morgan fingerprint density at radius 3 is 2.11 bits per heavy atom. The van der Waals surface area contributed by atoms with Crippen molar-refractivity contribution in [3.63, 3.8) is 0 Å². The summed E-state index contributed by atoms with van der Waals surface area (Å²) in [6.07, 6.45) is -4.47. The van der Waals surface area contributed by atoms with Gasteiger partial charge in [-0.05, 0) is 5.41 Å². The monoisotopic (exact) mass is 283 g/mol. The second-order valence-electron chi connectivity index (χ2n) is 5.43. The predicted molar refractivity (Wildman–Crippen MR) is 64.1 cm³/mol. The molecule has 3 N–H and O–H groups in total. The van der Waals surface area contributed by atoms with Crippen molar-refractivity contribution in [1.29, 1.82) is 0 Å². The van der Waals surface area contributed by atoms with Gasteiger partial charge in [0.15, 0.2) is 0 Å². The fourth-order valence-corrected chi connectivity index (χ4v) is 1.16. The van der Waals surface area contributed by atoms with Gasteiger partial charge in [0.25, 0.3) is 0 Å². The van der Waals surface area contributed by atoms with Crippen LogP contribution in [0.5, 0.6) is 0 Å². The highest BCUT2D eigenvalue weighted by Gasteiger charge is 2.31. The summed E-state index contributed by atoms with van der Waals surface area (Å²) in [6.45, 7) is 3.39. The Bertz CT molecular complexity index is 337. The number of amides is 2. The molecule has 0 aromatic heterocycles. The highest BCUT2D eigenvalue weighted by Crippen LogP contribution is 2.18. The fraction of sp³-hybridized carbons (Fsp3) is 0.818. The van der Waals surface area contributed by atoms with E-state index in [-0.39, 0.29) is 0 Å². The maximum atomic E-state index is 11.9. The van der Waals surface area contributed by atoms with Gasteiger partial charge in [-0.15, -0.1) is 0 Å². The molecule has 112 valence electrons. The van der Waals surface area contributed by atoms with Crippen LogP contribution < -0.4 is 11.1 Å². The van der Waals surface area contributed by atoms with Crippen molar-refractivity contribution in [2.24, 2.45) is 11.1 Å². The van der Waals surface area contributed by atoms with Gasteiger partial charge in [-0.1, -0.05) is 20.8 Å². The van der Waals surface area contributed by atoms with E-state index in [4.69, 9.17) is 5.73 Å². The minimum absolute atomic E-state index is 0.460. The quantitative estimate of drug-likeness (QED) is 0.788. The van der Waals surface area contributed by atoms with Gasteiger partial charge >= 0.3 is 6.18 Å². The molecular weight excluding hydrogens is 263 g/mol. The average molecular weight is 283 g/mol. The summed E-state index contributed by atoms with van der Waals surface area (Å²) in [6, 6.07) is -0.826. The van der Waals surface area contributed by atoms with E-state index in [1.54, 1.807) is 26.1 Å². The summed E-state index contributed by atoms with van der Waals surface area (Å²) >= 11 is 0. The lowest BCUT2D eigenvalue weighted by molar-refractivity contribution is -0.142. The minimum Gasteiger partial charge on any atom is -0.345 e. The topological polar surface area (TPSA) is 75.4 Å². The van der Waals surface area contributed by atoms with Gasteiger partial charge in [-0.2, -0.15) is 13.2 Å². The first-order chi connectivity index (χ1) is 8.34. The van der Waals surface area contributed by atoms with Crippen LogP contribution in [0.1, 0.15) is 20.8 Å². The van der Waals surface area contributed by atoms with E-state index in [0.29, 0.717) is 0 Å². The van der Waals surface area contributed by atoms with Crippen LogP contribution in [0.4, 0.5) is 13.2 Å². The molecule has 1 atom stereocenters. The number of likely N-dealkylation sites (N-methyl/N-ethyl adjacent to an activating group) is 1. The number of carbonyl (C=O) groups excluding carboxylic acids is 2. The van der Waals surface area contributed by atoms with E-state index in [2.05, 4.69) is 0 Å². The summed E-state index contributed by atoms with van der Waals surface area (Å²) in [7, 11) is 1.32.